The molecule has 1 aromatic carbocycles. The fourth-order valence-corrected chi connectivity index (χ4v) is 10.1. The third kappa shape index (κ3) is 6.82. The average molecular weight is 745 g/mol. The first kappa shape index (κ1) is 36.6. The summed E-state index contributed by atoms with van der Waals surface area (Å²) in [6.45, 7) is 14.8. The lowest BCUT2D eigenvalue weighted by atomic mass is 9.73. The minimum atomic E-state index is -0.765. The number of hydrogen-bond donors (Lipinski definition) is 3. The topological polar surface area (TPSA) is 130 Å². The first-order valence-corrected chi connectivity index (χ1v) is 20.3. The lowest BCUT2D eigenvalue weighted by Crippen LogP contribution is -2.71. The number of methoxy groups -OCH3 is 1. The number of carbonyl (C=O) groups excluding carboxylic acids is 2. The minimum Gasteiger partial charge on any atom is -0.464 e. The highest BCUT2D eigenvalue weighted by Crippen LogP contribution is 2.43. The number of cyclic esters (lactones) is 1. The van der Waals surface area contributed by atoms with Gasteiger partial charge in [-0.3, -0.25) is 14.6 Å². The number of hydrogen-bond acceptors (Lipinski definition) is 11. The van der Waals surface area contributed by atoms with E-state index in [2.05, 4.69) is 89.5 Å². The number of piperazine rings is 1. The van der Waals surface area contributed by atoms with E-state index in [1.807, 2.05) is 0 Å². The summed E-state index contributed by atoms with van der Waals surface area (Å²) in [5.41, 5.74) is 16.4. The number of nitrogens with one attached hydrogen (secondary N) is 2. The average Bonchev–Trinajstić information content (AvgIpc) is 3.73. The Morgan fingerprint density at radius 3 is 2.68 bits per heavy atom. The molecule has 4 fully saturated rings. The summed E-state index contributed by atoms with van der Waals surface area (Å²) in [4.78, 5) is 37.3. The molecule has 6 aliphatic rings. The Labute approximate surface area is 317 Å². The Hall–Kier alpha value is -3.33. The van der Waals surface area contributed by atoms with Gasteiger partial charge in [0, 0.05) is 109 Å². The van der Waals surface area contributed by atoms with E-state index in [-0.39, 0.29) is 48.5 Å². The van der Waals surface area contributed by atoms with Crippen LogP contribution in [0.5, 0.6) is 0 Å². The highest BCUT2D eigenvalue weighted by atomic mass is 32.1. The predicted octanol–water partition coefficient (Wildman–Crippen LogP) is 3.50. The lowest BCUT2D eigenvalue weighted by molar-refractivity contribution is -0.170. The Bertz CT molecular complexity index is 1890. The van der Waals surface area contributed by atoms with Crippen LogP contribution >= 0.6 is 11.3 Å². The third-order valence-electron chi connectivity index (χ3n) is 12.5. The monoisotopic (exact) mass is 744 g/mol. The third-order valence-corrected chi connectivity index (χ3v) is 13.4. The maximum Gasteiger partial charge on any atom is 0.325 e. The van der Waals surface area contributed by atoms with Crippen LogP contribution in [0, 0.1) is 11.3 Å². The van der Waals surface area contributed by atoms with Crippen LogP contribution in [0.2, 0.25) is 0 Å². The molecule has 2 unspecified atom stereocenters. The number of benzene rings is 1. The van der Waals surface area contributed by atoms with Crippen molar-refractivity contribution >= 4 is 34.1 Å². The number of nitrogens with two attached hydrogens (primary N) is 1. The van der Waals surface area contributed by atoms with E-state index in [0.717, 1.165) is 68.4 Å². The number of hydrazine groups is 1. The van der Waals surface area contributed by atoms with Crippen LogP contribution in [-0.2, 0) is 38.4 Å². The Balaban J connectivity index is 1.26. The molecule has 1 amide bonds. The standard InChI is InChI=1S/C40H56N8O4S/c1-7-47-33-9-8-24-16-28(33)30(37(47)29-17-27(20-42-35(29)23(2)51-6)46-12-10-45(5)11-13-46)19-40(3,4)22-52-39(50)36-25-14-26(15-25)48(44-36)38(49)31(41)18-34-43-32(24)21-53-34/h8-9,16-17,21,23,25-26,29,31,35-36,42,44H,7,10-15,18-20,22,41H2,1-6H3/t23-,25?,26?,29?,31-,35+,36?/m0/s1. The molecule has 5 atom stereocenters. The molecule has 12 nitrogen and oxygen atoms in total. The number of ether oxygens (including phenoxy) is 2. The number of likely N-dealkylation sites (N-methyl/N-ethyl adjacent to an activating group) is 1. The highest BCUT2D eigenvalue weighted by molar-refractivity contribution is 7.10. The van der Waals surface area contributed by atoms with Gasteiger partial charge in [0.15, 0.2) is 0 Å². The van der Waals surface area contributed by atoms with Crippen LogP contribution in [-0.4, -0.2) is 120 Å². The molecule has 8 bridgehead atoms. The Kier molecular flexibility index (Phi) is 9.95. The summed E-state index contributed by atoms with van der Waals surface area (Å²) in [5, 5.41) is 9.62. The molecule has 3 saturated heterocycles. The predicted molar refractivity (Wildman–Crippen MR) is 207 cm³/mol. The van der Waals surface area contributed by atoms with Gasteiger partial charge in [-0.15, -0.1) is 11.3 Å². The number of esters is 1. The van der Waals surface area contributed by atoms with E-state index in [4.69, 9.17) is 20.2 Å². The van der Waals surface area contributed by atoms with Gasteiger partial charge in [0.2, 0.25) is 0 Å². The second kappa shape index (κ2) is 14.4. The number of aryl methyl sites for hydroxylation is 1. The molecule has 53 heavy (non-hydrogen) atoms. The van der Waals surface area contributed by atoms with E-state index < -0.39 is 17.5 Å². The molecule has 0 radical (unpaired) electrons. The van der Waals surface area contributed by atoms with Crippen molar-refractivity contribution in [3.05, 3.63) is 51.6 Å². The number of nitrogens with zero attached hydrogens (tertiary/aromatic N) is 5. The van der Waals surface area contributed by atoms with Crippen LogP contribution in [0.1, 0.15) is 62.7 Å². The van der Waals surface area contributed by atoms with Gasteiger partial charge in [-0.1, -0.05) is 26.0 Å². The normalized spacial score (nSPS) is 30.1. The van der Waals surface area contributed by atoms with Crippen LogP contribution in [0.15, 0.2) is 35.4 Å². The molecule has 13 heteroatoms. The van der Waals surface area contributed by atoms with Gasteiger partial charge in [-0.25, -0.2) is 10.4 Å². The summed E-state index contributed by atoms with van der Waals surface area (Å²) in [5.74, 6) is -0.312. The molecule has 9 rings (SSSR count). The van der Waals surface area contributed by atoms with Gasteiger partial charge >= 0.3 is 5.97 Å². The fourth-order valence-electron chi connectivity index (χ4n) is 9.23. The molecule has 7 heterocycles. The van der Waals surface area contributed by atoms with Gasteiger partial charge in [-0.05, 0) is 63.8 Å². The van der Waals surface area contributed by atoms with Crippen molar-refractivity contribution in [1.82, 2.24) is 35.1 Å². The van der Waals surface area contributed by atoms with E-state index in [9.17, 15) is 9.59 Å². The summed E-state index contributed by atoms with van der Waals surface area (Å²) in [6.07, 6.45) is 5.08. The molecule has 5 aliphatic heterocycles. The van der Waals surface area contributed by atoms with Crippen molar-refractivity contribution in [1.29, 1.82) is 0 Å². The van der Waals surface area contributed by atoms with E-state index >= 15 is 0 Å². The molecule has 0 spiro atoms. The zero-order valence-corrected chi connectivity index (χ0v) is 32.9. The molecule has 1 saturated carbocycles. The summed E-state index contributed by atoms with van der Waals surface area (Å²) in [6, 6.07) is 5.48. The van der Waals surface area contributed by atoms with Crippen molar-refractivity contribution in [2.24, 2.45) is 17.1 Å². The number of aromatic nitrogens is 2. The first-order valence-electron chi connectivity index (χ1n) is 19.5. The minimum absolute atomic E-state index is 0.0233. The van der Waals surface area contributed by atoms with E-state index in [1.54, 1.807) is 12.1 Å². The van der Waals surface area contributed by atoms with Gasteiger partial charge < -0.3 is 34.9 Å². The second-order valence-electron chi connectivity index (χ2n) is 16.7. The van der Waals surface area contributed by atoms with Crippen molar-refractivity contribution in [3.8, 4) is 11.3 Å². The largest absolute Gasteiger partial charge is 0.464 e. The van der Waals surface area contributed by atoms with E-state index in [0.29, 0.717) is 12.8 Å². The smallest absolute Gasteiger partial charge is 0.325 e. The summed E-state index contributed by atoms with van der Waals surface area (Å²) < 4.78 is 14.7. The van der Waals surface area contributed by atoms with Gasteiger partial charge in [-0.2, -0.15) is 0 Å². The molecule has 1 aliphatic carbocycles. The number of carbonyl (C=O) groups is 2. The summed E-state index contributed by atoms with van der Waals surface area (Å²) in [7, 11) is 4.00. The van der Waals surface area contributed by atoms with E-state index in [1.165, 1.54) is 39.2 Å². The number of rotatable bonds is 5. The zero-order chi connectivity index (χ0) is 37.2. The van der Waals surface area contributed by atoms with Crippen LogP contribution < -0.4 is 16.5 Å². The number of thiazole rings is 1. The van der Waals surface area contributed by atoms with Gasteiger partial charge in [0.1, 0.15) is 6.04 Å². The zero-order valence-electron chi connectivity index (χ0n) is 32.1. The highest BCUT2D eigenvalue weighted by Gasteiger charge is 2.51. The maximum atomic E-state index is 13.8. The molecule has 3 aromatic rings. The number of amides is 1. The van der Waals surface area contributed by atoms with Crippen LogP contribution in [0.3, 0.4) is 0 Å². The Morgan fingerprint density at radius 2 is 1.94 bits per heavy atom. The lowest BCUT2D eigenvalue weighted by Gasteiger charge is -2.53. The molecule has 4 N–H and O–H groups in total. The quantitative estimate of drug-likeness (QED) is 0.334. The van der Waals surface area contributed by atoms with Gasteiger partial charge in [0.05, 0.1) is 29.5 Å². The fraction of sp³-hybridized carbons (Fsp3) is 0.625. The molecular formula is C40H56N8O4S. The number of fused-ring (bicyclic) bond motifs is 4. The molecule has 286 valence electrons. The van der Waals surface area contributed by atoms with Gasteiger partial charge in [0.25, 0.3) is 5.91 Å². The van der Waals surface area contributed by atoms with Crippen LogP contribution in [0.25, 0.3) is 22.2 Å². The first-order chi connectivity index (χ1) is 25.4. The van der Waals surface area contributed by atoms with Crippen molar-refractivity contribution in [3.63, 3.8) is 0 Å². The Morgan fingerprint density at radius 1 is 1.17 bits per heavy atom. The molecular weight excluding hydrogens is 689 g/mol. The summed E-state index contributed by atoms with van der Waals surface area (Å²) >= 11 is 1.54. The maximum absolute atomic E-state index is 13.8. The second-order valence-corrected chi connectivity index (χ2v) is 17.7. The van der Waals surface area contributed by atoms with Crippen molar-refractivity contribution < 1.29 is 19.1 Å². The van der Waals surface area contributed by atoms with Crippen LogP contribution in [0.4, 0.5) is 0 Å². The van der Waals surface area contributed by atoms with Crippen molar-refractivity contribution in [2.45, 2.75) is 96.1 Å². The SMILES string of the molecule is CCn1c(C2C=C(N3CCN(C)CC3)CN[C@@H]2[C@H](C)OC)c2c3cc(ccc31)-c1csc(n1)C[C@H](N)C(=O)N1NC(C(=O)OCC(C)(C)C2)C2CC1C2. The van der Waals surface area contributed by atoms with Crippen molar-refractivity contribution in [2.75, 3.05) is 53.5 Å². The molecule has 2 aromatic heterocycles.